The summed E-state index contributed by atoms with van der Waals surface area (Å²) in [5.74, 6) is 0.627. The maximum absolute atomic E-state index is 11.5. The Morgan fingerprint density at radius 2 is 2.00 bits per heavy atom. The molecule has 1 aliphatic carbocycles. The van der Waals surface area contributed by atoms with Gasteiger partial charge in [0, 0.05) is 17.6 Å². The van der Waals surface area contributed by atoms with E-state index >= 15 is 0 Å². The van der Waals surface area contributed by atoms with E-state index in [1.165, 1.54) is 19.3 Å². The van der Waals surface area contributed by atoms with E-state index in [0.717, 1.165) is 18.6 Å². The van der Waals surface area contributed by atoms with Crippen LogP contribution in [0.5, 0.6) is 5.75 Å². The molecule has 120 valence electrons. The molecule has 0 bridgehead atoms. The van der Waals surface area contributed by atoms with Crippen molar-refractivity contribution in [3.8, 4) is 5.75 Å². The van der Waals surface area contributed by atoms with Crippen molar-refractivity contribution in [2.24, 2.45) is 5.92 Å². The number of carboxylic acids is 1. The van der Waals surface area contributed by atoms with Gasteiger partial charge in [0.05, 0.1) is 0 Å². The predicted molar refractivity (Wildman–Crippen MR) is 85.4 cm³/mol. The number of rotatable bonds is 5. The number of carbonyl (C=O) groups is 1. The van der Waals surface area contributed by atoms with Crippen LogP contribution in [-0.4, -0.2) is 41.2 Å². The fourth-order valence-electron chi connectivity index (χ4n) is 3.92. The Morgan fingerprint density at radius 3 is 2.73 bits per heavy atom. The minimum Gasteiger partial charge on any atom is -0.492 e. The molecule has 0 spiro atoms. The molecule has 1 saturated heterocycles. The highest BCUT2D eigenvalue weighted by Crippen LogP contribution is 2.39. The Labute approximate surface area is 136 Å². The maximum atomic E-state index is 11.5. The van der Waals surface area contributed by atoms with Crippen molar-refractivity contribution in [3.63, 3.8) is 0 Å². The summed E-state index contributed by atoms with van der Waals surface area (Å²) in [6.07, 6.45) is 5.53. The minimum atomic E-state index is -0.694. The highest BCUT2D eigenvalue weighted by Gasteiger charge is 2.44. The van der Waals surface area contributed by atoms with Crippen molar-refractivity contribution in [2.75, 3.05) is 13.2 Å². The zero-order chi connectivity index (χ0) is 15.5. The number of carboxylic acid groups (broad SMARTS) is 1. The van der Waals surface area contributed by atoms with E-state index < -0.39 is 5.97 Å². The number of benzene rings is 1. The molecule has 1 N–H and O–H groups in total. The highest BCUT2D eigenvalue weighted by atomic mass is 35.5. The third kappa shape index (κ3) is 3.39. The number of hydrogen-bond donors (Lipinski definition) is 1. The van der Waals surface area contributed by atoms with Gasteiger partial charge in [-0.25, -0.2) is 0 Å². The summed E-state index contributed by atoms with van der Waals surface area (Å²) in [5.41, 5.74) is 0. The molecule has 3 rings (SSSR count). The molecule has 5 heteroatoms. The molecule has 3 atom stereocenters. The zero-order valence-corrected chi connectivity index (χ0v) is 13.3. The van der Waals surface area contributed by atoms with E-state index in [9.17, 15) is 9.90 Å². The standard InChI is InChI=1S/C17H22ClNO3/c18-13-5-7-14(8-6-13)22-10-9-19-15-4-2-1-3-12(15)11-16(19)17(20)21/h5-8,12,15-16H,1-4,9-11H2,(H,20,21). The van der Waals surface area contributed by atoms with Crippen LogP contribution in [0.3, 0.4) is 0 Å². The Morgan fingerprint density at radius 1 is 1.27 bits per heavy atom. The van der Waals surface area contributed by atoms with Crippen molar-refractivity contribution in [1.29, 1.82) is 0 Å². The van der Waals surface area contributed by atoms with Gasteiger partial charge in [0.25, 0.3) is 0 Å². The lowest BCUT2D eigenvalue weighted by Gasteiger charge is -2.32. The van der Waals surface area contributed by atoms with Gasteiger partial charge in [-0.05, 0) is 49.4 Å². The van der Waals surface area contributed by atoms with Crippen molar-refractivity contribution in [1.82, 2.24) is 4.90 Å². The van der Waals surface area contributed by atoms with Gasteiger partial charge in [-0.15, -0.1) is 0 Å². The van der Waals surface area contributed by atoms with Crippen LogP contribution in [0.2, 0.25) is 5.02 Å². The molecule has 1 saturated carbocycles. The largest absolute Gasteiger partial charge is 0.492 e. The third-order valence-corrected chi connectivity index (χ3v) is 5.19. The second kappa shape index (κ2) is 6.88. The van der Waals surface area contributed by atoms with Crippen molar-refractivity contribution < 1.29 is 14.6 Å². The molecule has 1 aliphatic heterocycles. The Bertz CT molecular complexity index is 519. The summed E-state index contributed by atoms with van der Waals surface area (Å²) >= 11 is 5.85. The van der Waals surface area contributed by atoms with E-state index in [-0.39, 0.29) is 6.04 Å². The number of aliphatic carboxylic acids is 1. The minimum absolute atomic E-state index is 0.345. The highest BCUT2D eigenvalue weighted by molar-refractivity contribution is 6.30. The molecular weight excluding hydrogens is 302 g/mol. The Hall–Kier alpha value is -1.26. The van der Waals surface area contributed by atoms with Crippen LogP contribution in [0, 0.1) is 5.92 Å². The number of fused-ring (bicyclic) bond motifs is 1. The topological polar surface area (TPSA) is 49.8 Å². The van der Waals surface area contributed by atoms with Crippen LogP contribution in [0.4, 0.5) is 0 Å². The van der Waals surface area contributed by atoms with E-state index in [1.54, 1.807) is 12.1 Å². The van der Waals surface area contributed by atoms with E-state index in [1.807, 2.05) is 12.1 Å². The molecule has 1 aromatic rings. The van der Waals surface area contributed by atoms with Crippen LogP contribution in [0.25, 0.3) is 0 Å². The normalized spacial score (nSPS) is 28.3. The fourth-order valence-corrected chi connectivity index (χ4v) is 4.04. The van der Waals surface area contributed by atoms with Crippen molar-refractivity contribution in [2.45, 2.75) is 44.2 Å². The van der Waals surface area contributed by atoms with Gasteiger partial charge in [-0.1, -0.05) is 24.4 Å². The van der Waals surface area contributed by atoms with Gasteiger partial charge in [0.15, 0.2) is 0 Å². The first kappa shape index (κ1) is 15.6. The number of nitrogens with zero attached hydrogens (tertiary/aromatic N) is 1. The molecule has 0 amide bonds. The van der Waals surface area contributed by atoms with Crippen LogP contribution in [0.15, 0.2) is 24.3 Å². The van der Waals surface area contributed by atoms with Crippen molar-refractivity contribution in [3.05, 3.63) is 29.3 Å². The monoisotopic (exact) mass is 323 g/mol. The summed E-state index contributed by atoms with van der Waals surface area (Å²) in [7, 11) is 0. The number of likely N-dealkylation sites (tertiary alicyclic amines) is 1. The summed E-state index contributed by atoms with van der Waals surface area (Å²) < 4.78 is 5.74. The fraction of sp³-hybridized carbons (Fsp3) is 0.588. The molecule has 0 aromatic heterocycles. The van der Waals surface area contributed by atoms with Crippen LogP contribution in [0.1, 0.15) is 32.1 Å². The van der Waals surface area contributed by atoms with Gasteiger partial charge in [0.1, 0.15) is 18.4 Å². The van der Waals surface area contributed by atoms with E-state index in [0.29, 0.717) is 30.1 Å². The number of halogens is 1. The first-order chi connectivity index (χ1) is 10.6. The smallest absolute Gasteiger partial charge is 0.320 e. The Kier molecular flexibility index (Phi) is 4.89. The molecule has 0 radical (unpaired) electrons. The summed E-state index contributed by atoms with van der Waals surface area (Å²) in [6.45, 7) is 1.18. The first-order valence-electron chi connectivity index (χ1n) is 8.02. The summed E-state index contributed by atoms with van der Waals surface area (Å²) in [5, 5.41) is 10.2. The van der Waals surface area contributed by atoms with Crippen LogP contribution >= 0.6 is 11.6 Å². The SMILES string of the molecule is O=C(O)C1CC2CCCCC2N1CCOc1ccc(Cl)cc1. The third-order valence-electron chi connectivity index (χ3n) is 4.94. The average Bonchev–Trinajstić information content (AvgIpc) is 2.89. The van der Waals surface area contributed by atoms with E-state index in [4.69, 9.17) is 16.3 Å². The predicted octanol–water partition coefficient (Wildman–Crippen LogP) is 3.44. The molecular formula is C17H22ClNO3. The zero-order valence-electron chi connectivity index (χ0n) is 12.6. The van der Waals surface area contributed by atoms with E-state index in [2.05, 4.69) is 4.90 Å². The Balaban J connectivity index is 1.59. The van der Waals surface area contributed by atoms with Gasteiger partial charge in [-0.2, -0.15) is 0 Å². The van der Waals surface area contributed by atoms with Crippen LogP contribution in [-0.2, 0) is 4.79 Å². The van der Waals surface area contributed by atoms with Gasteiger partial charge < -0.3 is 9.84 Å². The average molecular weight is 324 g/mol. The number of hydrogen-bond acceptors (Lipinski definition) is 3. The molecule has 2 fully saturated rings. The number of ether oxygens (including phenoxy) is 1. The molecule has 22 heavy (non-hydrogen) atoms. The van der Waals surface area contributed by atoms with Gasteiger partial charge >= 0.3 is 5.97 Å². The molecule has 4 nitrogen and oxygen atoms in total. The van der Waals surface area contributed by atoms with Crippen LogP contribution < -0.4 is 4.74 Å². The lowest BCUT2D eigenvalue weighted by Crippen LogP contribution is -2.44. The molecule has 2 aliphatic rings. The molecule has 1 aromatic carbocycles. The quantitative estimate of drug-likeness (QED) is 0.902. The molecule has 1 heterocycles. The second-order valence-corrected chi connectivity index (χ2v) is 6.68. The lowest BCUT2D eigenvalue weighted by molar-refractivity contribution is -0.142. The van der Waals surface area contributed by atoms with Crippen molar-refractivity contribution >= 4 is 17.6 Å². The lowest BCUT2D eigenvalue weighted by atomic mass is 9.85. The first-order valence-corrected chi connectivity index (χ1v) is 8.40. The second-order valence-electron chi connectivity index (χ2n) is 6.24. The van der Waals surface area contributed by atoms with Gasteiger partial charge in [0.2, 0.25) is 0 Å². The van der Waals surface area contributed by atoms with Gasteiger partial charge in [-0.3, -0.25) is 9.69 Å². The summed E-state index contributed by atoms with van der Waals surface area (Å²) in [4.78, 5) is 13.7. The maximum Gasteiger partial charge on any atom is 0.320 e. The summed E-state index contributed by atoms with van der Waals surface area (Å²) in [6, 6.07) is 7.34. The molecule has 3 unspecified atom stereocenters.